The van der Waals surface area contributed by atoms with E-state index in [-0.39, 0.29) is 11.3 Å². The Kier molecular flexibility index (Phi) is 6.02. The zero-order valence-electron chi connectivity index (χ0n) is 18.6. The molecule has 2 heterocycles. The number of non-ortho nitro benzene ring substituents is 1. The molecule has 13 heteroatoms. The largest absolute Gasteiger partial charge is 0.481 e. The number of nitro groups is 1. The minimum Gasteiger partial charge on any atom is -0.481 e. The average molecular weight is 497 g/mol. The molecular formula is C23H19N3O10. The fourth-order valence-electron chi connectivity index (χ4n) is 4.91. The Morgan fingerprint density at radius 1 is 1.11 bits per heavy atom. The van der Waals surface area contributed by atoms with Gasteiger partial charge in [-0.2, -0.15) is 0 Å². The number of hydrogen-bond donors (Lipinski definition) is 3. The molecule has 2 saturated heterocycles. The molecule has 4 unspecified atom stereocenters. The lowest BCUT2D eigenvalue weighted by molar-refractivity contribution is -0.384. The van der Waals surface area contributed by atoms with E-state index < -0.39 is 70.2 Å². The number of amides is 2. The van der Waals surface area contributed by atoms with Gasteiger partial charge in [-0.1, -0.05) is 18.2 Å². The number of carboxylic acids is 2. The van der Waals surface area contributed by atoms with Crippen molar-refractivity contribution in [2.45, 2.75) is 18.0 Å². The van der Waals surface area contributed by atoms with Gasteiger partial charge >= 0.3 is 17.9 Å². The second-order valence-corrected chi connectivity index (χ2v) is 8.37. The number of nitrogens with zero attached hydrogens (tertiary/aromatic N) is 2. The van der Waals surface area contributed by atoms with Crippen LogP contribution in [0.15, 0.2) is 48.5 Å². The number of nitrogens with one attached hydrogen (secondary N) is 1. The first-order valence-corrected chi connectivity index (χ1v) is 10.5. The highest BCUT2D eigenvalue weighted by Gasteiger charge is 2.69. The van der Waals surface area contributed by atoms with Gasteiger partial charge in [0, 0.05) is 18.2 Å². The van der Waals surface area contributed by atoms with Crippen molar-refractivity contribution in [1.29, 1.82) is 0 Å². The average Bonchev–Trinajstić information content (AvgIpc) is 3.32. The number of methoxy groups -OCH3 is 1. The fourth-order valence-corrected chi connectivity index (χ4v) is 4.91. The number of nitro benzene ring substituents is 1. The van der Waals surface area contributed by atoms with Crippen LogP contribution in [0.2, 0.25) is 0 Å². The third kappa shape index (κ3) is 3.75. The first-order valence-electron chi connectivity index (χ1n) is 10.5. The summed E-state index contributed by atoms with van der Waals surface area (Å²) in [6, 6.07) is 9.25. The Morgan fingerprint density at radius 3 is 2.33 bits per heavy atom. The van der Waals surface area contributed by atoms with Gasteiger partial charge in [0.1, 0.15) is 5.54 Å². The van der Waals surface area contributed by atoms with Crippen LogP contribution in [0.5, 0.6) is 0 Å². The Morgan fingerprint density at radius 2 is 1.78 bits per heavy atom. The van der Waals surface area contributed by atoms with Gasteiger partial charge in [-0.05, 0) is 23.8 Å². The number of ether oxygens (including phenoxy) is 1. The fraction of sp³-hybridized carbons (Fsp3) is 0.261. The van der Waals surface area contributed by atoms with E-state index in [9.17, 15) is 44.3 Å². The van der Waals surface area contributed by atoms with Crippen LogP contribution in [0.25, 0.3) is 0 Å². The molecule has 2 fully saturated rings. The number of anilines is 1. The van der Waals surface area contributed by atoms with Gasteiger partial charge in [0.25, 0.3) is 5.69 Å². The molecule has 0 aliphatic carbocycles. The third-order valence-corrected chi connectivity index (χ3v) is 6.46. The molecule has 0 aromatic heterocycles. The lowest BCUT2D eigenvalue weighted by Gasteiger charge is -2.29. The number of fused-ring (bicyclic) bond motifs is 1. The molecule has 2 aliphatic rings. The molecule has 13 nitrogen and oxygen atoms in total. The van der Waals surface area contributed by atoms with Gasteiger partial charge in [0.15, 0.2) is 0 Å². The van der Waals surface area contributed by atoms with E-state index >= 15 is 0 Å². The Labute approximate surface area is 202 Å². The van der Waals surface area contributed by atoms with Crippen LogP contribution in [0.4, 0.5) is 11.4 Å². The maximum Gasteiger partial charge on any atom is 0.337 e. The normalized spacial score (nSPS) is 24.9. The molecule has 2 amide bonds. The van der Waals surface area contributed by atoms with Gasteiger partial charge in [-0.15, -0.1) is 0 Å². The van der Waals surface area contributed by atoms with Crippen molar-refractivity contribution in [3.8, 4) is 0 Å². The van der Waals surface area contributed by atoms with Crippen LogP contribution >= 0.6 is 0 Å². The minimum atomic E-state index is -2.34. The second kappa shape index (κ2) is 8.85. The number of rotatable bonds is 7. The third-order valence-electron chi connectivity index (χ3n) is 6.46. The highest BCUT2D eigenvalue weighted by Crippen LogP contribution is 2.51. The topological polar surface area (TPSA) is 193 Å². The number of carbonyl (C=O) groups is 5. The van der Waals surface area contributed by atoms with Gasteiger partial charge in [0.2, 0.25) is 11.8 Å². The van der Waals surface area contributed by atoms with Gasteiger partial charge in [-0.25, -0.2) is 9.69 Å². The smallest absolute Gasteiger partial charge is 0.337 e. The van der Waals surface area contributed by atoms with Crippen molar-refractivity contribution in [1.82, 2.24) is 5.32 Å². The summed E-state index contributed by atoms with van der Waals surface area (Å²) in [5.41, 5.74) is -2.37. The highest BCUT2D eigenvalue weighted by molar-refractivity contribution is 6.24. The van der Waals surface area contributed by atoms with Crippen molar-refractivity contribution in [2.75, 3.05) is 12.0 Å². The van der Waals surface area contributed by atoms with E-state index in [1.807, 2.05) is 0 Å². The predicted molar refractivity (Wildman–Crippen MR) is 119 cm³/mol. The number of esters is 1. The van der Waals surface area contributed by atoms with Gasteiger partial charge < -0.3 is 14.9 Å². The molecule has 2 aromatic rings. The summed E-state index contributed by atoms with van der Waals surface area (Å²) in [5.74, 6) is -8.58. The first kappa shape index (κ1) is 24.5. The number of carbonyl (C=O) groups excluding carboxylic acids is 3. The van der Waals surface area contributed by atoms with Crippen molar-refractivity contribution < 1.29 is 43.8 Å². The predicted octanol–water partition coefficient (Wildman–Crippen LogP) is 1.13. The number of benzene rings is 2. The molecule has 36 heavy (non-hydrogen) atoms. The van der Waals surface area contributed by atoms with E-state index in [0.717, 1.165) is 12.1 Å². The molecule has 0 bridgehead atoms. The minimum absolute atomic E-state index is 0.136. The van der Waals surface area contributed by atoms with E-state index in [2.05, 4.69) is 10.1 Å². The van der Waals surface area contributed by atoms with Crippen molar-refractivity contribution in [2.24, 2.45) is 11.8 Å². The van der Waals surface area contributed by atoms with Gasteiger partial charge in [0.05, 0.1) is 41.5 Å². The van der Waals surface area contributed by atoms with Crippen LogP contribution in [-0.4, -0.2) is 57.5 Å². The highest BCUT2D eigenvalue weighted by atomic mass is 16.6. The summed E-state index contributed by atoms with van der Waals surface area (Å²) in [4.78, 5) is 74.1. The molecular weight excluding hydrogens is 478 g/mol. The molecule has 0 saturated carbocycles. The molecule has 2 aromatic carbocycles. The summed E-state index contributed by atoms with van der Waals surface area (Å²) in [6.45, 7) is 0. The Bertz CT molecular complexity index is 1310. The lowest BCUT2D eigenvalue weighted by atomic mass is 9.77. The van der Waals surface area contributed by atoms with Crippen LogP contribution < -0.4 is 10.2 Å². The standard InChI is InChI=1S/C23H19N3O10/c1-36-21(31)12-7-5-11(6-8-12)18-16-17(23(24-18,22(32)33)10-15(27)28)20(30)25(19(16)29)13-3-2-4-14(9-13)26(34)35/h2-9,16-18,24H,10H2,1H3,(H,27,28)(H,32,33). The quantitative estimate of drug-likeness (QED) is 0.215. The second-order valence-electron chi connectivity index (χ2n) is 8.37. The number of hydrogen-bond acceptors (Lipinski definition) is 9. The van der Waals surface area contributed by atoms with Crippen LogP contribution in [0.1, 0.15) is 28.4 Å². The van der Waals surface area contributed by atoms with Crippen LogP contribution in [0, 0.1) is 22.0 Å². The zero-order valence-corrected chi connectivity index (χ0v) is 18.6. The zero-order chi connectivity index (χ0) is 26.4. The summed E-state index contributed by atoms with van der Waals surface area (Å²) in [5, 5.41) is 33.5. The number of aliphatic carboxylic acids is 2. The monoisotopic (exact) mass is 497 g/mol. The molecule has 3 N–H and O–H groups in total. The molecule has 4 rings (SSSR count). The Hall–Kier alpha value is -4.65. The van der Waals surface area contributed by atoms with Crippen molar-refractivity contribution in [3.05, 3.63) is 69.8 Å². The SMILES string of the molecule is COC(=O)c1ccc(C2NC(CC(=O)O)(C(=O)O)C3C(=O)N(c4cccc([N+](=O)[O-])c4)C(=O)C23)cc1. The maximum atomic E-state index is 13.6. The van der Waals surface area contributed by atoms with E-state index in [0.29, 0.717) is 10.5 Å². The van der Waals surface area contributed by atoms with Gasteiger partial charge in [-0.3, -0.25) is 34.6 Å². The summed E-state index contributed by atoms with van der Waals surface area (Å²) < 4.78 is 4.65. The van der Waals surface area contributed by atoms with E-state index in [1.54, 1.807) is 0 Å². The Balaban J connectivity index is 1.84. The molecule has 0 radical (unpaired) electrons. The lowest BCUT2D eigenvalue weighted by Crippen LogP contribution is -2.57. The van der Waals surface area contributed by atoms with Crippen LogP contribution in [-0.2, 0) is 23.9 Å². The molecule has 0 spiro atoms. The number of carboxylic acid groups (broad SMARTS) is 2. The van der Waals surface area contributed by atoms with Crippen LogP contribution in [0.3, 0.4) is 0 Å². The summed E-state index contributed by atoms with van der Waals surface area (Å²) in [6.07, 6.45) is -1.01. The van der Waals surface area contributed by atoms with Crippen molar-refractivity contribution >= 4 is 41.1 Å². The summed E-state index contributed by atoms with van der Waals surface area (Å²) in [7, 11) is 1.19. The van der Waals surface area contributed by atoms with E-state index in [1.165, 1.54) is 43.5 Å². The van der Waals surface area contributed by atoms with Crippen molar-refractivity contribution in [3.63, 3.8) is 0 Å². The number of imide groups is 1. The first-order chi connectivity index (χ1) is 17.0. The van der Waals surface area contributed by atoms with E-state index in [4.69, 9.17) is 0 Å². The molecule has 4 atom stereocenters. The summed E-state index contributed by atoms with van der Waals surface area (Å²) >= 11 is 0. The maximum absolute atomic E-state index is 13.6. The molecule has 2 aliphatic heterocycles. The molecule has 186 valence electrons.